The van der Waals surface area contributed by atoms with Gasteiger partial charge < -0.3 is 4.74 Å². The van der Waals surface area contributed by atoms with Crippen molar-refractivity contribution < 1.29 is 13.2 Å². The van der Waals surface area contributed by atoms with Gasteiger partial charge in [-0.05, 0) is 30.5 Å². The standard InChI is InChI=1S/C20H25NO3S/c1-15(2)19-13-24-14-20(17-7-5-4-6-8-17)21(19)25(22,23)18-11-9-16(3)10-12-18/h4-12,15,19-20H,13-14H2,1-3H3/t19-,20+/m0/s1. The van der Waals surface area contributed by atoms with E-state index in [2.05, 4.69) is 0 Å². The molecule has 2 atom stereocenters. The second kappa shape index (κ2) is 7.28. The van der Waals surface area contributed by atoms with E-state index < -0.39 is 10.0 Å². The Morgan fingerprint density at radius 2 is 1.64 bits per heavy atom. The zero-order chi connectivity index (χ0) is 18.0. The van der Waals surface area contributed by atoms with E-state index in [9.17, 15) is 8.42 Å². The van der Waals surface area contributed by atoms with E-state index in [0.717, 1.165) is 11.1 Å². The van der Waals surface area contributed by atoms with Gasteiger partial charge in [0.2, 0.25) is 10.0 Å². The SMILES string of the molecule is Cc1ccc(S(=O)(=O)N2[C@@H](c3ccccc3)COC[C@H]2C(C)C)cc1. The minimum absolute atomic E-state index is 0.159. The van der Waals surface area contributed by atoms with Crippen molar-refractivity contribution in [2.75, 3.05) is 13.2 Å². The number of hydrogen-bond acceptors (Lipinski definition) is 3. The van der Waals surface area contributed by atoms with Crippen molar-refractivity contribution in [2.24, 2.45) is 5.92 Å². The number of hydrogen-bond donors (Lipinski definition) is 0. The normalized spacial score (nSPS) is 22.2. The van der Waals surface area contributed by atoms with Crippen LogP contribution in [0.2, 0.25) is 0 Å². The molecule has 1 fully saturated rings. The third-order valence-corrected chi connectivity index (χ3v) is 6.70. The van der Waals surface area contributed by atoms with Crippen LogP contribution >= 0.6 is 0 Å². The fourth-order valence-corrected chi connectivity index (χ4v) is 5.16. The molecule has 0 N–H and O–H groups in total. The highest BCUT2D eigenvalue weighted by Crippen LogP contribution is 2.35. The van der Waals surface area contributed by atoms with Crippen LogP contribution in [-0.2, 0) is 14.8 Å². The van der Waals surface area contributed by atoms with E-state index in [0.29, 0.717) is 18.1 Å². The van der Waals surface area contributed by atoms with Crippen molar-refractivity contribution in [2.45, 2.75) is 37.8 Å². The van der Waals surface area contributed by atoms with Crippen molar-refractivity contribution in [1.29, 1.82) is 0 Å². The van der Waals surface area contributed by atoms with Crippen LogP contribution in [0.1, 0.15) is 31.0 Å². The molecule has 0 saturated carbocycles. The molecule has 0 bridgehead atoms. The summed E-state index contributed by atoms with van der Waals surface area (Å²) in [6.45, 7) is 6.83. The number of morpholine rings is 1. The average Bonchev–Trinajstić information content (AvgIpc) is 2.62. The van der Waals surface area contributed by atoms with Gasteiger partial charge in [-0.15, -0.1) is 0 Å². The summed E-state index contributed by atoms with van der Waals surface area (Å²) >= 11 is 0. The Kier molecular flexibility index (Phi) is 5.27. The van der Waals surface area contributed by atoms with Gasteiger partial charge in [-0.1, -0.05) is 61.9 Å². The van der Waals surface area contributed by atoms with Crippen molar-refractivity contribution in [3.05, 3.63) is 65.7 Å². The summed E-state index contributed by atoms with van der Waals surface area (Å²) < 4.78 is 34.4. The van der Waals surface area contributed by atoms with Gasteiger partial charge in [0.25, 0.3) is 0 Å². The number of ether oxygens (including phenoxy) is 1. The molecular formula is C20H25NO3S. The summed E-state index contributed by atoms with van der Waals surface area (Å²) in [5.41, 5.74) is 2.00. The minimum Gasteiger partial charge on any atom is -0.378 e. The van der Waals surface area contributed by atoms with Gasteiger partial charge in [0.15, 0.2) is 0 Å². The second-order valence-corrected chi connectivity index (χ2v) is 8.77. The monoisotopic (exact) mass is 359 g/mol. The molecule has 1 aliphatic heterocycles. The molecule has 1 saturated heterocycles. The quantitative estimate of drug-likeness (QED) is 0.834. The first-order valence-electron chi connectivity index (χ1n) is 8.64. The van der Waals surface area contributed by atoms with E-state index in [1.54, 1.807) is 16.4 Å². The van der Waals surface area contributed by atoms with Gasteiger partial charge in [0.05, 0.1) is 30.2 Å². The molecule has 0 amide bonds. The number of aryl methyl sites for hydroxylation is 1. The smallest absolute Gasteiger partial charge is 0.244 e. The van der Waals surface area contributed by atoms with Gasteiger partial charge in [-0.3, -0.25) is 0 Å². The molecule has 0 aliphatic carbocycles. The topological polar surface area (TPSA) is 46.6 Å². The fourth-order valence-electron chi connectivity index (χ4n) is 3.26. The van der Waals surface area contributed by atoms with E-state index in [4.69, 9.17) is 4.74 Å². The maximum atomic E-state index is 13.5. The molecule has 2 aromatic rings. The molecule has 0 spiro atoms. The van der Waals surface area contributed by atoms with Crippen LogP contribution in [0.25, 0.3) is 0 Å². The average molecular weight is 359 g/mol. The number of rotatable bonds is 4. The summed E-state index contributed by atoms with van der Waals surface area (Å²) in [5.74, 6) is 0.159. The van der Waals surface area contributed by atoms with Crippen molar-refractivity contribution in [3.63, 3.8) is 0 Å². The van der Waals surface area contributed by atoms with Crippen LogP contribution in [0.3, 0.4) is 0 Å². The van der Waals surface area contributed by atoms with Crippen LogP contribution in [0.15, 0.2) is 59.5 Å². The summed E-state index contributed by atoms with van der Waals surface area (Å²) in [6.07, 6.45) is 0. The zero-order valence-corrected chi connectivity index (χ0v) is 15.7. The third kappa shape index (κ3) is 3.64. The Hall–Kier alpha value is -1.69. The highest BCUT2D eigenvalue weighted by Gasteiger charge is 2.42. The lowest BCUT2D eigenvalue weighted by Gasteiger charge is -2.42. The zero-order valence-electron chi connectivity index (χ0n) is 14.9. The summed E-state index contributed by atoms with van der Waals surface area (Å²) in [6, 6.07) is 16.3. The molecule has 0 radical (unpaired) electrons. The van der Waals surface area contributed by atoms with Crippen molar-refractivity contribution >= 4 is 10.0 Å². The second-order valence-electron chi connectivity index (χ2n) is 6.92. The molecule has 134 valence electrons. The molecule has 25 heavy (non-hydrogen) atoms. The molecule has 5 heteroatoms. The highest BCUT2D eigenvalue weighted by atomic mass is 32.2. The van der Waals surface area contributed by atoms with Crippen LogP contribution in [0, 0.1) is 12.8 Å². The Morgan fingerprint density at radius 1 is 1.00 bits per heavy atom. The number of benzene rings is 2. The van der Waals surface area contributed by atoms with Crippen molar-refractivity contribution in [3.8, 4) is 0 Å². The van der Waals surface area contributed by atoms with Gasteiger partial charge in [-0.2, -0.15) is 4.31 Å². The third-order valence-electron chi connectivity index (χ3n) is 4.75. The predicted octanol–water partition coefficient (Wildman–Crippen LogP) is 3.78. The van der Waals surface area contributed by atoms with E-state index in [-0.39, 0.29) is 18.0 Å². The maximum Gasteiger partial charge on any atom is 0.244 e. The molecule has 4 nitrogen and oxygen atoms in total. The fraction of sp³-hybridized carbons (Fsp3) is 0.400. The molecule has 2 aromatic carbocycles. The van der Waals surface area contributed by atoms with Crippen LogP contribution < -0.4 is 0 Å². The van der Waals surface area contributed by atoms with Gasteiger partial charge in [0.1, 0.15) is 0 Å². The number of nitrogens with zero attached hydrogens (tertiary/aromatic N) is 1. The lowest BCUT2D eigenvalue weighted by Crippen LogP contribution is -2.52. The van der Waals surface area contributed by atoms with Gasteiger partial charge >= 0.3 is 0 Å². The molecular weight excluding hydrogens is 334 g/mol. The van der Waals surface area contributed by atoms with Gasteiger partial charge in [0, 0.05) is 0 Å². The molecule has 1 aliphatic rings. The lowest BCUT2D eigenvalue weighted by atomic mass is 9.99. The summed E-state index contributed by atoms with van der Waals surface area (Å²) in [7, 11) is -3.62. The van der Waals surface area contributed by atoms with Crippen LogP contribution in [0.5, 0.6) is 0 Å². The summed E-state index contributed by atoms with van der Waals surface area (Å²) in [5, 5.41) is 0. The van der Waals surface area contributed by atoms with Crippen LogP contribution in [-0.4, -0.2) is 32.0 Å². The molecule has 1 heterocycles. The summed E-state index contributed by atoms with van der Waals surface area (Å²) in [4.78, 5) is 0.339. The minimum atomic E-state index is -3.62. The Bertz CT molecular complexity index is 801. The van der Waals surface area contributed by atoms with Gasteiger partial charge in [-0.25, -0.2) is 8.42 Å². The first kappa shape index (κ1) is 18.1. The molecule has 0 unspecified atom stereocenters. The van der Waals surface area contributed by atoms with E-state index in [1.807, 2.05) is 63.2 Å². The van der Waals surface area contributed by atoms with E-state index in [1.165, 1.54) is 0 Å². The lowest BCUT2D eigenvalue weighted by molar-refractivity contribution is -0.0219. The Labute approximate surface area is 150 Å². The van der Waals surface area contributed by atoms with E-state index >= 15 is 0 Å². The molecule has 3 rings (SSSR count). The highest BCUT2D eigenvalue weighted by molar-refractivity contribution is 7.89. The predicted molar refractivity (Wildman–Crippen MR) is 98.8 cm³/mol. The number of sulfonamides is 1. The van der Waals surface area contributed by atoms with Crippen molar-refractivity contribution in [1.82, 2.24) is 4.31 Å². The Morgan fingerprint density at radius 3 is 2.24 bits per heavy atom. The first-order chi connectivity index (χ1) is 11.9. The molecule has 0 aromatic heterocycles. The maximum absolute atomic E-state index is 13.5. The van der Waals surface area contributed by atoms with Crippen LogP contribution in [0.4, 0.5) is 0 Å². The first-order valence-corrected chi connectivity index (χ1v) is 10.1. The largest absolute Gasteiger partial charge is 0.378 e. The Balaban J connectivity index is 2.09.